The van der Waals surface area contributed by atoms with Crippen molar-refractivity contribution < 1.29 is 14.2 Å². The third-order valence-electron chi connectivity index (χ3n) is 4.06. The van der Waals surface area contributed by atoms with Gasteiger partial charge >= 0.3 is 0 Å². The lowest BCUT2D eigenvalue weighted by atomic mass is 9.79. The van der Waals surface area contributed by atoms with Gasteiger partial charge in [-0.05, 0) is 43.2 Å². The van der Waals surface area contributed by atoms with Crippen molar-refractivity contribution in [1.29, 1.82) is 0 Å². The summed E-state index contributed by atoms with van der Waals surface area (Å²) in [6.07, 6.45) is 3.95. The van der Waals surface area contributed by atoms with Crippen molar-refractivity contribution in [3.05, 3.63) is 41.2 Å². The summed E-state index contributed by atoms with van der Waals surface area (Å²) in [5, 5.41) is 10.4. The Balaban J connectivity index is 2.08. The number of rotatable bonds is 4. The predicted molar refractivity (Wildman–Crippen MR) is 78.3 cm³/mol. The maximum atomic E-state index is 14.1. The summed E-state index contributed by atoms with van der Waals surface area (Å²) >= 11 is 0. The minimum Gasteiger partial charge on any atom is -0.494 e. The maximum Gasteiger partial charge on any atom is 0.168 e. The number of halogens is 1. The molecule has 1 N–H and O–H groups in total. The molecular formula is C17H23FO2. The van der Waals surface area contributed by atoms with Crippen molar-refractivity contribution in [3.8, 4) is 5.75 Å². The zero-order valence-electron chi connectivity index (χ0n) is 12.4. The lowest BCUT2D eigenvalue weighted by Crippen LogP contribution is -2.27. The lowest BCUT2D eigenvalue weighted by Gasteiger charge is -2.29. The van der Waals surface area contributed by atoms with E-state index < -0.39 is 6.10 Å². The van der Waals surface area contributed by atoms with Crippen LogP contribution >= 0.6 is 0 Å². The molecule has 3 heteroatoms. The first-order chi connectivity index (χ1) is 9.51. The summed E-state index contributed by atoms with van der Waals surface area (Å²) in [5.41, 5.74) is 1.84. The van der Waals surface area contributed by atoms with Crippen molar-refractivity contribution in [3.63, 3.8) is 0 Å². The Kier molecular flexibility index (Phi) is 4.81. The van der Waals surface area contributed by atoms with E-state index in [4.69, 9.17) is 4.74 Å². The normalized spacial score (nSPS) is 24.1. The minimum atomic E-state index is -0.511. The van der Waals surface area contributed by atoms with E-state index >= 15 is 0 Å². The van der Waals surface area contributed by atoms with Gasteiger partial charge in [0.05, 0.1) is 13.2 Å². The van der Waals surface area contributed by atoms with E-state index in [0.29, 0.717) is 17.9 Å². The van der Waals surface area contributed by atoms with E-state index in [9.17, 15) is 9.50 Å². The van der Waals surface area contributed by atoms with Gasteiger partial charge in [0.1, 0.15) is 0 Å². The molecule has 0 bridgehead atoms. The standard InChI is InChI=1S/C17H23FO2/c1-11-7-12(2)9-14(8-11)15(19)10-13-5-4-6-16(20-3)17(13)18/h4-7,11,14-15,19H,8-10H2,1-3H3. The number of methoxy groups -OCH3 is 1. The molecule has 20 heavy (non-hydrogen) atoms. The largest absolute Gasteiger partial charge is 0.494 e. The molecule has 0 aromatic heterocycles. The van der Waals surface area contributed by atoms with E-state index in [1.165, 1.54) is 12.7 Å². The Labute approximate surface area is 120 Å². The molecule has 3 atom stereocenters. The number of benzene rings is 1. The Bertz CT molecular complexity index is 496. The first kappa shape index (κ1) is 15.0. The van der Waals surface area contributed by atoms with Crippen molar-refractivity contribution in [1.82, 2.24) is 0 Å². The summed E-state index contributed by atoms with van der Waals surface area (Å²) < 4.78 is 19.1. The van der Waals surface area contributed by atoms with Crippen molar-refractivity contribution in [2.75, 3.05) is 7.11 Å². The number of ether oxygens (including phenoxy) is 1. The van der Waals surface area contributed by atoms with E-state index in [-0.39, 0.29) is 17.5 Å². The van der Waals surface area contributed by atoms with E-state index in [1.54, 1.807) is 18.2 Å². The molecule has 1 aliphatic rings. The summed E-state index contributed by atoms with van der Waals surface area (Å²) in [5.74, 6) is 0.576. The summed E-state index contributed by atoms with van der Waals surface area (Å²) in [7, 11) is 1.45. The van der Waals surface area contributed by atoms with Crippen LogP contribution in [-0.2, 0) is 6.42 Å². The number of hydrogen-bond acceptors (Lipinski definition) is 2. The van der Waals surface area contributed by atoms with Gasteiger partial charge in [-0.25, -0.2) is 4.39 Å². The Morgan fingerprint density at radius 2 is 2.20 bits per heavy atom. The van der Waals surface area contributed by atoms with Crippen LogP contribution in [0.5, 0.6) is 5.75 Å². The highest BCUT2D eigenvalue weighted by Gasteiger charge is 2.26. The highest BCUT2D eigenvalue weighted by molar-refractivity contribution is 5.31. The summed E-state index contributed by atoms with van der Waals surface area (Å²) in [6.45, 7) is 4.26. The lowest BCUT2D eigenvalue weighted by molar-refractivity contribution is 0.0923. The average Bonchev–Trinajstić information content (AvgIpc) is 2.40. The number of aliphatic hydroxyl groups is 1. The Morgan fingerprint density at radius 1 is 1.45 bits per heavy atom. The highest BCUT2D eigenvalue weighted by atomic mass is 19.1. The molecule has 2 rings (SSSR count). The molecule has 0 fully saturated rings. The van der Waals surface area contributed by atoms with Gasteiger partial charge in [0.25, 0.3) is 0 Å². The van der Waals surface area contributed by atoms with Crippen LogP contribution in [0.25, 0.3) is 0 Å². The second kappa shape index (κ2) is 6.40. The maximum absolute atomic E-state index is 14.1. The fourth-order valence-corrected chi connectivity index (χ4v) is 3.15. The van der Waals surface area contributed by atoms with E-state index in [2.05, 4.69) is 19.9 Å². The topological polar surface area (TPSA) is 29.5 Å². The molecule has 1 aliphatic carbocycles. The third kappa shape index (κ3) is 3.40. The molecule has 0 saturated carbocycles. The molecule has 2 nitrogen and oxygen atoms in total. The average molecular weight is 278 g/mol. The fraction of sp³-hybridized carbons (Fsp3) is 0.529. The quantitative estimate of drug-likeness (QED) is 0.850. The van der Waals surface area contributed by atoms with Gasteiger partial charge in [0, 0.05) is 6.42 Å². The van der Waals surface area contributed by atoms with Crippen molar-refractivity contribution in [2.45, 2.75) is 39.2 Å². The molecule has 110 valence electrons. The molecule has 0 spiro atoms. The second-order valence-electron chi connectivity index (χ2n) is 5.90. The predicted octanol–water partition coefficient (Wildman–Crippen LogP) is 3.73. The van der Waals surface area contributed by atoms with Crippen LogP contribution in [0.2, 0.25) is 0 Å². The van der Waals surface area contributed by atoms with Gasteiger partial charge in [0.2, 0.25) is 0 Å². The molecule has 0 radical (unpaired) electrons. The van der Waals surface area contributed by atoms with Crippen molar-refractivity contribution >= 4 is 0 Å². The van der Waals surface area contributed by atoms with Crippen LogP contribution in [0.1, 0.15) is 32.3 Å². The third-order valence-corrected chi connectivity index (χ3v) is 4.06. The van der Waals surface area contributed by atoms with Gasteiger partial charge < -0.3 is 9.84 Å². The minimum absolute atomic E-state index is 0.209. The van der Waals surface area contributed by atoms with Gasteiger partial charge in [-0.3, -0.25) is 0 Å². The summed E-state index contributed by atoms with van der Waals surface area (Å²) in [6, 6.07) is 5.08. The first-order valence-electron chi connectivity index (χ1n) is 7.18. The molecular weight excluding hydrogens is 255 g/mol. The molecule has 1 aromatic carbocycles. The zero-order chi connectivity index (χ0) is 14.7. The highest BCUT2D eigenvalue weighted by Crippen LogP contribution is 2.32. The number of hydrogen-bond donors (Lipinski definition) is 1. The van der Waals surface area contributed by atoms with Crippen LogP contribution in [0.15, 0.2) is 29.8 Å². The van der Waals surface area contributed by atoms with E-state index in [1.807, 2.05) is 0 Å². The van der Waals surface area contributed by atoms with Gasteiger partial charge in [-0.15, -0.1) is 0 Å². The van der Waals surface area contributed by atoms with Crippen LogP contribution in [-0.4, -0.2) is 18.3 Å². The van der Waals surface area contributed by atoms with Gasteiger partial charge in [-0.2, -0.15) is 0 Å². The van der Waals surface area contributed by atoms with Crippen LogP contribution in [0.4, 0.5) is 4.39 Å². The molecule has 0 saturated heterocycles. The SMILES string of the molecule is COc1cccc(CC(O)C2CC(C)=CC(C)C2)c1F. The molecule has 1 aromatic rings. The van der Waals surface area contributed by atoms with E-state index in [0.717, 1.165) is 12.8 Å². The zero-order valence-corrected chi connectivity index (χ0v) is 12.4. The molecule has 0 amide bonds. The monoisotopic (exact) mass is 278 g/mol. The Hall–Kier alpha value is -1.35. The van der Waals surface area contributed by atoms with Gasteiger partial charge in [-0.1, -0.05) is 30.7 Å². The smallest absolute Gasteiger partial charge is 0.168 e. The first-order valence-corrected chi connectivity index (χ1v) is 7.18. The molecule has 0 aliphatic heterocycles. The van der Waals surface area contributed by atoms with Crippen LogP contribution in [0, 0.1) is 17.7 Å². The summed E-state index contributed by atoms with van der Waals surface area (Å²) in [4.78, 5) is 0. The number of allylic oxidation sites excluding steroid dienone is 2. The van der Waals surface area contributed by atoms with Gasteiger partial charge in [0.15, 0.2) is 11.6 Å². The molecule has 0 heterocycles. The van der Waals surface area contributed by atoms with Crippen molar-refractivity contribution in [2.24, 2.45) is 11.8 Å². The molecule has 3 unspecified atom stereocenters. The van der Waals surface area contributed by atoms with Crippen LogP contribution in [0.3, 0.4) is 0 Å². The Morgan fingerprint density at radius 3 is 2.85 bits per heavy atom. The van der Waals surface area contributed by atoms with Crippen LogP contribution < -0.4 is 4.74 Å². The number of aliphatic hydroxyl groups excluding tert-OH is 1. The second-order valence-corrected chi connectivity index (χ2v) is 5.90. The fourth-order valence-electron chi connectivity index (χ4n) is 3.15.